The molecule has 1 amide bonds. The van der Waals surface area contributed by atoms with E-state index < -0.39 is 22.6 Å². The summed E-state index contributed by atoms with van der Waals surface area (Å²) in [4.78, 5) is 26.2. The molecule has 1 saturated heterocycles. The third-order valence-corrected chi connectivity index (χ3v) is 6.80. The van der Waals surface area contributed by atoms with Gasteiger partial charge in [0.25, 0.3) is 5.91 Å². The van der Waals surface area contributed by atoms with E-state index in [1.165, 1.54) is 22.4 Å². The second kappa shape index (κ2) is 9.27. The minimum absolute atomic E-state index is 0.186. The van der Waals surface area contributed by atoms with Crippen molar-refractivity contribution < 1.29 is 27.5 Å². The fourth-order valence-corrected chi connectivity index (χ4v) is 4.51. The highest BCUT2D eigenvalue weighted by molar-refractivity contribution is 7.89. The minimum Gasteiger partial charge on any atom is -0.497 e. The molecule has 0 N–H and O–H groups in total. The number of carbonyl (C=O) groups excluding carboxylic acids is 2. The SMILES string of the molecule is COc1cccc(C(=O)OCC(=O)N2CCN(S(=O)(=O)c3ccc(C)cc3)CC2)c1. The van der Waals surface area contributed by atoms with Gasteiger partial charge in [0.1, 0.15) is 5.75 Å². The summed E-state index contributed by atoms with van der Waals surface area (Å²) in [7, 11) is -2.11. The molecule has 1 heterocycles. The molecule has 2 aromatic rings. The lowest BCUT2D eigenvalue weighted by Crippen LogP contribution is -2.51. The minimum atomic E-state index is -3.60. The maximum Gasteiger partial charge on any atom is 0.338 e. The van der Waals surface area contributed by atoms with E-state index in [1.54, 1.807) is 42.5 Å². The molecule has 9 heteroatoms. The lowest BCUT2D eigenvalue weighted by atomic mass is 10.2. The van der Waals surface area contributed by atoms with Crippen LogP contribution in [0.5, 0.6) is 5.75 Å². The Morgan fingerprint density at radius 2 is 1.67 bits per heavy atom. The van der Waals surface area contributed by atoms with Gasteiger partial charge in [-0.2, -0.15) is 4.31 Å². The first-order valence-electron chi connectivity index (χ1n) is 9.47. The molecule has 0 saturated carbocycles. The van der Waals surface area contributed by atoms with Gasteiger partial charge in [-0.15, -0.1) is 0 Å². The molecule has 0 radical (unpaired) electrons. The van der Waals surface area contributed by atoms with Gasteiger partial charge in [0, 0.05) is 26.2 Å². The molecule has 0 aliphatic carbocycles. The summed E-state index contributed by atoms with van der Waals surface area (Å²) in [5.74, 6) is -0.469. The van der Waals surface area contributed by atoms with Crippen molar-refractivity contribution in [2.75, 3.05) is 39.9 Å². The van der Waals surface area contributed by atoms with E-state index >= 15 is 0 Å². The van der Waals surface area contributed by atoms with E-state index in [-0.39, 0.29) is 42.5 Å². The van der Waals surface area contributed by atoms with Gasteiger partial charge in [0.2, 0.25) is 10.0 Å². The Morgan fingerprint density at radius 3 is 2.30 bits per heavy atom. The van der Waals surface area contributed by atoms with Crippen LogP contribution in [0.15, 0.2) is 53.4 Å². The standard InChI is InChI=1S/C21H24N2O6S/c1-16-6-8-19(9-7-16)30(26,27)23-12-10-22(11-13-23)20(24)15-29-21(25)17-4-3-5-18(14-17)28-2/h3-9,14H,10-13,15H2,1-2H3. The number of amides is 1. The van der Waals surface area contributed by atoms with E-state index in [9.17, 15) is 18.0 Å². The van der Waals surface area contributed by atoms with Crippen molar-refractivity contribution in [2.45, 2.75) is 11.8 Å². The lowest BCUT2D eigenvalue weighted by molar-refractivity contribution is -0.135. The van der Waals surface area contributed by atoms with E-state index in [1.807, 2.05) is 6.92 Å². The lowest BCUT2D eigenvalue weighted by Gasteiger charge is -2.33. The number of rotatable bonds is 6. The van der Waals surface area contributed by atoms with Gasteiger partial charge in [-0.25, -0.2) is 13.2 Å². The highest BCUT2D eigenvalue weighted by atomic mass is 32.2. The van der Waals surface area contributed by atoms with Crippen LogP contribution in [-0.2, 0) is 19.6 Å². The van der Waals surface area contributed by atoms with E-state index in [4.69, 9.17) is 9.47 Å². The molecule has 8 nitrogen and oxygen atoms in total. The quantitative estimate of drug-likeness (QED) is 0.645. The predicted molar refractivity (Wildman–Crippen MR) is 110 cm³/mol. The smallest absolute Gasteiger partial charge is 0.338 e. The first kappa shape index (κ1) is 21.8. The summed E-state index contributed by atoms with van der Waals surface area (Å²) in [5, 5.41) is 0. The molecule has 30 heavy (non-hydrogen) atoms. The first-order chi connectivity index (χ1) is 14.3. The van der Waals surface area contributed by atoms with Crippen molar-refractivity contribution in [3.63, 3.8) is 0 Å². The average molecular weight is 432 g/mol. The van der Waals surface area contributed by atoms with Crippen LogP contribution in [0.4, 0.5) is 0 Å². The number of ether oxygens (including phenoxy) is 2. The number of methoxy groups -OCH3 is 1. The van der Waals surface area contributed by atoms with Crippen molar-refractivity contribution in [1.29, 1.82) is 0 Å². The van der Waals surface area contributed by atoms with Crippen molar-refractivity contribution in [2.24, 2.45) is 0 Å². The molecule has 0 aromatic heterocycles. The number of hydrogen-bond acceptors (Lipinski definition) is 6. The van der Waals surface area contributed by atoms with Crippen LogP contribution in [-0.4, -0.2) is 69.4 Å². The molecule has 1 aliphatic rings. The second-order valence-corrected chi connectivity index (χ2v) is 8.84. The molecule has 1 fully saturated rings. The molecule has 3 rings (SSSR count). The monoisotopic (exact) mass is 432 g/mol. The number of carbonyl (C=O) groups is 2. The number of hydrogen-bond donors (Lipinski definition) is 0. The predicted octanol–water partition coefficient (Wildman–Crippen LogP) is 1.69. The Hall–Kier alpha value is -2.91. The highest BCUT2D eigenvalue weighted by Crippen LogP contribution is 2.18. The Balaban J connectivity index is 1.52. The summed E-state index contributed by atoms with van der Waals surface area (Å²) < 4.78 is 37.0. The topological polar surface area (TPSA) is 93.2 Å². The van der Waals surface area contributed by atoms with Gasteiger partial charge >= 0.3 is 5.97 Å². The molecule has 0 spiro atoms. The Kier molecular flexibility index (Phi) is 6.73. The Labute approximate surface area is 176 Å². The van der Waals surface area contributed by atoms with Gasteiger partial charge in [-0.05, 0) is 37.3 Å². The normalized spacial score (nSPS) is 14.9. The van der Waals surface area contributed by atoms with Crippen molar-refractivity contribution in [3.05, 3.63) is 59.7 Å². The van der Waals surface area contributed by atoms with E-state index in [0.717, 1.165) is 5.56 Å². The fraction of sp³-hybridized carbons (Fsp3) is 0.333. The third kappa shape index (κ3) is 4.98. The Bertz CT molecular complexity index is 1010. The van der Waals surface area contributed by atoms with Gasteiger partial charge in [0.05, 0.1) is 17.6 Å². The Morgan fingerprint density at radius 1 is 1.00 bits per heavy atom. The summed E-state index contributed by atoms with van der Waals surface area (Å²) in [5.41, 5.74) is 1.27. The molecule has 1 aliphatic heterocycles. The number of esters is 1. The first-order valence-corrected chi connectivity index (χ1v) is 10.9. The van der Waals surface area contributed by atoms with E-state index in [2.05, 4.69) is 0 Å². The van der Waals surface area contributed by atoms with Gasteiger partial charge in [-0.1, -0.05) is 23.8 Å². The van der Waals surface area contributed by atoms with E-state index in [0.29, 0.717) is 5.75 Å². The number of nitrogens with zero attached hydrogens (tertiary/aromatic N) is 2. The average Bonchev–Trinajstić information content (AvgIpc) is 2.77. The zero-order chi connectivity index (χ0) is 21.7. The number of benzene rings is 2. The van der Waals surface area contributed by atoms with Crippen molar-refractivity contribution in [3.8, 4) is 5.75 Å². The van der Waals surface area contributed by atoms with Gasteiger partial charge < -0.3 is 14.4 Å². The number of piperazine rings is 1. The molecule has 0 atom stereocenters. The zero-order valence-electron chi connectivity index (χ0n) is 16.9. The maximum absolute atomic E-state index is 12.7. The summed E-state index contributed by atoms with van der Waals surface area (Å²) in [6, 6.07) is 13.1. The fourth-order valence-electron chi connectivity index (χ4n) is 3.09. The highest BCUT2D eigenvalue weighted by Gasteiger charge is 2.30. The zero-order valence-corrected chi connectivity index (χ0v) is 17.7. The largest absolute Gasteiger partial charge is 0.497 e. The van der Waals surface area contributed by atoms with Crippen LogP contribution in [0.2, 0.25) is 0 Å². The molecule has 160 valence electrons. The van der Waals surface area contributed by atoms with Crippen molar-refractivity contribution >= 4 is 21.9 Å². The van der Waals surface area contributed by atoms with Gasteiger partial charge in [0.15, 0.2) is 6.61 Å². The summed E-state index contributed by atoms with van der Waals surface area (Å²) >= 11 is 0. The third-order valence-electron chi connectivity index (χ3n) is 4.88. The molecule has 0 unspecified atom stereocenters. The van der Waals surface area contributed by atoms with Crippen LogP contribution < -0.4 is 4.74 Å². The van der Waals surface area contributed by atoms with Crippen LogP contribution in [0.25, 0.3) is 0 Å². The molecule has 0 bridgehead atoms. The van der Waals surface area contributed by atoms with Crippen LogP contribution in [0, 0.1) is 6.92 Å². The van der Waals surface area contributed by atoms with Crippen LogP contribution >= 0.6 is 0 Å². The summed E-state index contributed by atoms with van der Waals surface area (Å²) in [6.07, 6.45) is 0. The number of sulfonamides is 1. The molecular formula is C21H24N2O6S. The van der Waals surface area contributed by atoms with Gasteiger partial charge in [-0.3, -0.25) is 4.79 Å². The van der Waals surface area contributed by atoms with Crippen molar-refractivity contribution in [1.82, 2.24) is 9.21 Å². The molecular weight excluding hydrogens is 408 g/mol. The number of aryl methyl sites for hydroxylation is 1. The van der Waals surface area contributed by atoms with Crippen LogP contribution in [0.3, 0.4) is 0 Å². The maximum atomic E-state index is 12.7. The van der Waals surface area contributed by atoms with Crippen LogP contribution in [0.1, 0.15) is 15.9 Å². The molecule has 2 aromatic carbocycles. The second-order valence-electron chi connectivity index (χ2n) is 6.91. The summed E-state index contributed by atoms with van der Waals surface area (Å²) in [6.45, 7) is 2.33.